The topological polar surface area (TPSA) is 102 Å². The maximum absolute atomic E-state index is 12.4. The molecule has 2 N–H and O–H groups in total. The number of carboxylic acid groups (broad SMARTS) is 1. The van der Waals surface area contributed by atoms with Crippen LogP contribution in [0.1, 0.15) is 18.1 Å². The first-order chi connectivity index (χ1) is 18.8. The van der Waals surface area contributed by atoms with Gasteiger partial charge in [-0.2, -0.15) is 17.4 Å². The lowest BCUT2D eigenvalue weighted by Crippen LogP contribution is -2.54. The number of aliphatic carboxylic acids is 1. The zero-order chi connectivity index (χ0) is 27.4. The van der Waals surface area contributed by atoms with Crippen LogP contribution in [0.2, 0.25) is 0 Å². The minimum atomic E-state index is -3.84. The molecule has 39 heavy (non-hydrogen) atoms. The third-order valence-corrected chi connectivity index (χ3v) is 8.75. The molecule has 9 nitrogen and oxygen atoms in total. The summed E-state index contributed by atoms with van der Waals surface area (Å²) in [5.74, 6) is 5.29. The average Bonchev–Trinajstić information content (AvgIpc) is 2.96. The predicted molar refractivity (Wildman–Crippen MR) is 152 cm³/mol. The molecule has 0 radical (unpaired) electrons. The molecular weight excluding hydrogens is 516 g/mol. The van der Waals surface area contributed by atoms with Crippen LogP contribution >= 0.6 is 0 Å². The Bertz CT molecular complexity index is 1500. The van der Waals surface area contributed by atoms with Gasteiger partial charge < -0.3 is 19.6 Å². The summed E-state index contributed by atoms with van der Waals surface area (Å²) in [7, 11) is -3.84. The molecule has 2 aliphatic heterocycles. The minimum Gasteiger partial charge on any atom is -0.480 e. The van der Waals surface area contributed by atoms with Gasteiger partial charge in [0.05, 0.1) is 13.2 Å². The molecule has 0 aromatic heterocycles. The SMILES string of the molecule is C[C@@H](NS(=O)(=O)N1CCN(c2ccc(C#Cc3ccc4cc(N5CCOCC5)ccc4c3)cc2)CC1)C(=O)O. The van der Waals surface area contributed by atoms with Gasteiger partial charge in [0.1, 0.15) is 6.04 Å². The van der Waals surface area contributed by atoms with Crippen LogP contribution in [-0.4, -0.2) is 82.3 Å². The summed E-state index contributed by atoms with van der Waals surface area (Å²) in [6.07, 6.45) is 0. The minimum absolute atomic E-state index is 0.277. The van der Waals surface area contributed by atoms with Crippen LogP contribution in [0, 0.1) is 11.8 Å². The van der Waals surface area contributed by atoms with Crippen molar-refractivity contribution in [3.8, 4) is 11.8 Å². The number of rotatable bonds is 6. The third kappa shape index (κ3) is 6.52. The number of carbonyl (C=O) groups is 1. The summed E-state index contributed by atoms with van der Waals surface area (Å²) in [5, 5.41) is 11.3. The van der Waals surface area contributed by atoms with E-state index in [1.165, 1.54) is 22.3 Å². The molecule has 0 bridgehead atoms. The van der Waals surface area contributed by atoms with Crippen LogP contribution in [0.5, 0.6) is 0 Å². The van der Waals surface area contributed by atoms with E-state index in [1.807, 2.05) is 30.3 Å². The highest BCUT2D eigenvalue weighted by atomic mass is 32.2. The van der Waals surface area contributed by atoms with E-state index < -0.39 is 22.2 Å². The zero-order valence-electron chi connectivity index (χ0n) is 21.8. The molecule has 0 unspecified atom stereocenters. The molecule has 10 heteroatoms. The largest absolute Gasteiger partial charge is 0.480 e. The number of nitrogens with zero attached hydrogens (tertiary/aromatic N) is 3. The van der Waals surface area contributed by atoms with Gasteiger partial charge in [0, 0.05) is 61.8 Å². The lowest BCUT2D eigenvalue weighted by molar-refractivity contribution is -0.138. The van der Waals surface area contributed by atoms with Gasteiger partial charge in [-0.1, -0.05) is 24.0 Å². The van der Waals surface area contributed by atoms with Crippen LogP contribution in [0.25, 0.3) is 10.8 Å². The van der Waals surface area contributed by atoms with Gasteiger partial charge in [0.25, 0.3) is 10.2 Å². The van der Waals surface area contributed by atoms with Crippen molar-refractivity contribution < 1.29 is 23.1 Å². The van der Waals surface area contributed by atoms with E-state index in [2.05, 4.69) is 56.7 Å². The molecule has 2 aliphatic rings. The van der Waals surface area contributed by atoms with Crippen LogP contribution in [0.15, 0.2) is 60.7 Å². The highest BCUT2D eigenvalue weighted by molar-refractivity contribution is 7.87. The number of hydrogen-bond acceptors (Lipinski definition) is 6. The van der Waals surface area contributed by atoms with Crippen molar-refractivity contribution in [2.24, 2.45) is 0 Å². The van der Waals surface area contributed by atoms with E-state index in [0.717, 1.165) is 48.5 Å². The van der Waals surface area contributed by atoms with Crippen molar-refractivity contribution in [1.29, 1.82) is 0 Å². The number of anilines is 2. The van der Waals surface area contributed by atoms with Gasteiger partial charge in [0.15, 0.2) is 0 Å². The van der Waals surface area contributed by atoms with Crippen molar-refractivity contribution in [2.75, 3.05) is 62.3 Å². The second-order valence-electron chi connectivity index (χ2n) is 9.71. The number of hydrogen-bond donors (Lipinski definition) is 2. The smallest absolute Gasteiger partial charge is 0.321 e. The van der Waals surface area contributed by atoms with Gasteiger partial charge in [-0.15, -0.1) is 0 Å². The van der Waals surface area contributed by atoms with Gasteiger partial charge in [-0.3, -0.25) is 4.79 Å². The quantitative estimate of drug-likeness (QED) is 0.457. The summed E-state index contributed by atoms with van der Waals surface area (Å²) in [6, 6.07) is 19.5. The molecule has 0 amide bonds. The molecule has 2 heterocycles. The number of benzene rings is 3. The van der Waals surface area contributed by atoms with Crippen molar-refractivity contribution >= 4 is 38.3 Å². The van der Waals surface area contributed by atoms with Crippen LogP contribution in [0.3, 0.4) is 0 Å². The maximum Gasteiger partial charge on any atom is 0.321 e. The number of carboxylic acids is 1. The molecule has 204 valence electrons. The number of morpholine rings is 1. The number of piperazine rings is 1. The Morgan fingerprint density at radius 2 is 1.38 bits per heavy atom. The van der Waals surface area contributed by atoms with E-state index in [-0.39, 0.29) is 13.1 Å². The van der Waals surface area contributed by atoms with Crippen molar-refractivity contribution in [3.05, 3.63) is 71.8 Å². The van der Waals surface area contributed by atoms with Gasteiger partial charge in [-0.25, -0.2) is 0 Å². The molecule has 5 rings (SSSR count). The third-order valence-electron chi connectivity index (χ3n) is 7.06. The maximum atomic E-state index is 12.4. The Kier molecular flexibility index (Phi) is 8.04. The second kappa shape index (κ2) is 11.6. The molecule has 1 atom stereocenters. The van der Waals surface area contributed by atoms with Crippen LogP contribution in [-0.2, 0) is 19.7 Å². The fourth-order valence-corrected chi connectivity index (χ4v) is 6.10. The first-order valence-electron chi connectivity index (χ1n) is 13.0. The fourth-order valence-electron chi connectivity index (χ4n) is 4.76. The molecular formula is C29H32N4O5S. The Morgan fingerprint density at radius 3 is 2.08 bits per heavy atom. The first-order valence-corrected chi connectivity index (χ1v) is 14.5. The molecule has 0 saturated carbocycles. The molecule has 0 aliphatic carbocycles. The van der Waals surface area contributed by atoms with E-state index >= 15 is 0 Å². The van der Waals surface area contributed by atoms with Crippen LogP contribution in [0.4, 0.5) is 11.4 Å². The normalized spacial score (nSPS) is 17.5. The lowest BCUT2D eigenvalue weighted by atomic mass is 10.1. The van der Waals surface area contributed by atoms with E-state index in [0.29, 0.717) is 13.1 Å². The Labute approximate surface area is 229 Å². The van der Waals surface area contributed by atoms with Gasteiger partial charge >= 0.3 is 5.97 Å². The Morgan fingerprint density at radius 1 is 0.821 bits per heavy atom. The monoisotopic (exact) mass is 548 g/mol. The summed E-state index contributed by atoms with van der Waals surface area (Å²) in [6.45, 7) is 6.24. The van der Waals surface area contributed by atoms with Gasteiger partial charge in [-0.05, 0) is 66.2 Å². The van der Waals surface area contributed by atoms with E-state index in [4.69, 9.17) is 9.84 Å². The van der Waals surface area contributed by atoms with Crippen molar-refractivity contribution in [1.82, 2.24) is 9.03 Å². The summed E-state index contributed by atoms with van der Waals surface area (Å²) in [5.41, 5.74) is 4.06. The van der Waals surface area contributed by atoms with E-state index in [9.17, 15) is 13.2 Å². The molecule has 2 fully saturated rings. The second-order valence-corrected chi connectivity index (χ2v) is 11.4. The highest BCUT2D eigenvalue weighted by Crippen LogP contribution is 2.24. The summed E-state index contributed by atoms with van der Waals surface area (Å²) < 4.78 is 33.8. The predicted octanol–water partition coefficient (Wildman–Crippen LogP) is 2.51. The van der Waals surface area contributed by atoms with Crippen molar-refractivity contribution in [3.63, 3.8) is 0 Å². The molecule has 3 aromatic carbocycles. The van der Waals surface area contributed by atoms with E-state index in [1.54, 1.807) is 0 Å². The fraction of sp³-hybridized carbons (Fsp3) is 0.345. The number of ether oxygens (including phenoxy) is 1. The van der Waals surface area contributed by atoms with Crippen LogP contribution < -0.4 is 14.5 Å². The molecule has 0 spiro atoms. The van der Waals surface area contributed by atoms with Crippen molar-refractivity contribution in [2.45, 2.75) is 13.0 Å². The zero-order valence-corrected chi connectivity index (χ0v) is 22.7. The Balaban J connectivity index is 1.19. The Hall–Kier alpha value is -3.62. The lowest BCUT2D eigenvalue weighted by Gasteiger charge is -2.35. The standard InChI is InChI=1S/C29H32N4O5S/c1-22(29(34)35)30-39(36,37)33-14-12-31(13-15-33)27-9-5-23(6-10-27)2-3-24-4-7-26-21-28(11-8-25(26)20-24)32-16-18-38-19-17-32/h4-11,20-22,30H,12-19H2,1H3,(H,34,35)/t22-/m1/s1. The molecule has 3 aromatic rings. The number of nitrogens with one attached hydrogen (secondary N) is 1. The average molecular weight is 549 g/mol. The summed E-state index contributed by atoms with van der Waals surface area (Å²) in [4.78, 5) is 15.5. The number of fused-ring (bicyclic) bond motifs is 1. The highest BCUT2D eigenvalue weighted by Gasteiger charge is 2.29. The summed E-state index contributed by atoms with van der Waals surface area (Å²) >= 11 is 0. The molecule has 2 saturated heterocycles. The first kappa shape index (κ1) is 27.0. The van der Waals surface area contributed by atoms with Gasteiger partial charge in [0.2, 0.25) is 0 Å².